The predicted molar refractivity (Wildman–Crippen MR) is 133 cm³/mol. The molecule has 7 heteroatoms. The van der Waals surface area contributed by atoms with E-state index in [0.29, 0.717) is 26.2 Å². The zero-order chi connectivity index (χ0) is 25.2. The zero-order valence-corrected chi connectivity index (χ0v) is 21.4. The maximum absolute atomic E-state index is 12.6. The van der Waals surface area contributed by atoms with Crippen molar-refractivity contribution in [3.8, 4) is 0 Å². The molecule has 0 saturated heterocycles. The van der Waals surface area contributed by atoms with Gasteiger partial charge < -0.3 is 9.47 Å². The molecule has 0 saturated carbocycles. The van der Waals surface area contributed by atoms with Crippen LogP contribution in [0.1, 0.15) is 52.7 Å². The molecule has 34 heavy (non-hydrogen) atoms. The second-order valence-electron chi connectivity index (χ2n) is 10.4. The first kappa shape index (κ1) is 27.5. The van der Waals surface area contributed by atoms with Crippen LogP contribution in [0.25, 0.3) is 0 Å². The lowest BCUT2D eigenvalue weighted by Gasteiger charge is -2.29. The summed E-state index contributed by atoms with van der Waals surface area (Å²) in [4.78, 5) is 33.4. The van der Waals surface area contributed by atoms with Gasteiger partial charge in [0.2, 0.25) is 0 Å². The largest absolute Gasteiger partial charge is 0.459 e. The minimum absolute atomic E-state index is 0.151. The summed E-state index contributed by atoms with van der Waals surface area (Å²) >= 11 is 0. The van der Waals surface area contributed by atoms with Crippen molar-refractivity contribution >= 4 is 11.9 Å². The number of carbonyl (C=O) groups excluding carboxylic acids is 2. The van der Waals surface area contributed by atoms with Crippen LogP contribution in [-0.4, -0.2) is 64.1 Å². The molecule has 1 heterocycles. The molecule has 7 nitrogen and oxygen atoms in total. The number of nitrogens with zero attached hydrogens (tertiary/aromatic N) is 3. The standard InChI is InChI=1S/C27H39N3O4/c1-26(2,3)33-24(31)20-29(18-22-11-8-7-9-12-22)15-16-30(19-23-13-10-14-28-17-23)21-25(32)34-27(4,5)6/h7-14,17H,15-16,18-21H2,1-6H3. The van der Waals surface area contributed by atoms with E-state index in [1.54, 1.807) is 12.4 Å². The highest BCUT2D eigenvalue weighted by atomic mass is 16.6. The Labute approximate surface area is 204 Å². The Balaban J connectivity index is 2.11. The van der Waals surface area contributed by atoms with Gasteiger partial charge in [0.25, 0.3) is 0 Å². The van der Waals surface area contributed by atoms with Crippen molar-refractivity contribution in [3.63, 3.8) is 0 Å². The van der Waals surface area contributed by atoms with E-state index in [9.17, 15) is 9.59 Å². The third-order valence-corrected chi connectivity index (χ3v) is 4.66. The highest BCUT2D eigenvalue weighted by molar-refractivity contribution is 5.72. The lowest BCUT2D eigenvalue weighted by atomic mass is 10.2. The smallest absolute Gasteiger partial charge is 0.320 e. The number of hydrogen-bond donors (Lipinski definition) is 0. The van der Waals surface area contributed by atoms with Gasteiger partial charge in [-0.1, -0.05) is 36.4 Å². The number of ether oxygens (including phenoxy) is 2. The van der Waals surface area contributed by atoms with Crippen LogP contribution < -0.4 is 0 Å². The molecule has 0 aliphatic carbocycles. The van der Waals surface area contributed by atoms with Crippen LogP contribution in [0, 0.1) is 0 Å². The van der Waals surface area contributed by atoms with Crippen molar-refractivity contribution in [1.82, 2.24) is 14.8 Å². The molecule has 0 fully saturated rings. The Bertz CT molecular complexity index is 814. The third-order valence-electron chi connectivity index (χ3n) is 4.66. The van der Waals surface area contributed by atoms with Crippen molar-refractivity contribution in [1.29, 1.82) is 0 Å². The van der Waals surface area contributed by atoms with Crippen molar-refractivity contribution in [2.24, 2.45) is 0 Å². The number of rotatable bonds is 11. The van der Waals surface area contributed by atoms with Crippen LogP contribution in [0.5, 0.6) is 0 Å². The van der Waals surface area contributed by atoms with Crippen LogP contribution in [0.4, 0.5) is 0 Å². The van der Waals surface area contributed by atoms with E-state index in [0.717, 1.165) is 11.1 Å². The van der Waals surface area contributed by atoms with Gasteiger partial charge in [0.05, 0.1) is 13.1 Å². The minimum atomic E-state index is -0.548. The Hall–Kier alpha value is -2.77. The first-order valence-corrected chi connectivity index (χ1v) is 11.7. The Morgan fingerprint density at radius 1 is 0.735 bits per heavy atom. The first-order chi connectivity index (χ1) is 15.9. The lowest BCUT2D eigenvalue weighted by molar-refractivity contribution is -0.158. The maximum Gasteiger partial charge on any atom is 0.320 e. The van der Waals surface area contributed by atoms with E-state index in [-0.39, 0.29) is 25.0 Å². The molecule has 0 radical (unpaired) electrons. The molecule has 0 aliphatic rings. The van der Waals surface area contributed by atoms with E-state index in [1.165, 1.54) is 0 Å². The lowest BCUT2D eigenvalue weighted by Crippen LogP contribution is -2.41. The molecule has 1 aromatic heterocycles. The highest BCUT2D eigenvalue weighted by Crippen LogP contribution is 2.12. The summed E-state index contributed by atoms with van der Waals surface area (Å²) in [5.74, 6) is -0.549. The van der Waals surface area contributed by atoms with Crippen LogP contribution in [-0.2, 0) is 32.2 Å². The number of pyridine rings is 1. The zero-order valence-electron chi connectivity index (χ0n) is 21.4. The van der Waals surface area contributed by atoms with Gasteiger partial charge in [0, 0.05) is 38.6 Å². The summed E-state index contributed by atoms with van der Waals surface area (Å²) in [5.41, 5.74) is 1.02. The van der Waals surface area contributed by atoms with E-state index in [1.807, 2.05) is 88.9 Å². The Kier molecular flexibility index (Phi) is 10.2. The van der Waals surface area contributed by atoms with E-state index in [4.69, 9.17) is 9.47 Å². The molecule has 0 N–H and O–H groups in total. The summed E-state index contributed by atoms with van der Waals surface area (Å²) in [5, 5.41) is 0. The molecule has 0 aliphatic heterocycles. The Morgan fingerprint density at radius 2 is 1.21 bits per heavy atom. The molecular formula is C27H39N3O4. The number of carbonyl (C=O) groups is 2. The number of benzene rings is 1. The maximum atomic E-state index is 12.6. The number of aromatic nitrogens is 1. The van der Waals surface area contributed by atoms with Gasteiger partial charge in [-0.05, 0) is 58.7 Å². The first-order valence-electron chi connectivity index (χ1n) is 11.7. The SMILES string of the molecule is CC(C)(C)OC(=O)CN(CCN(CC(=O)OC(C)(C)C)Cc1cccnc1)Cc1ccccc1. The Morgan fingerprint density at radius 3 is 1.65 bits per heavy atom. The summed E-state index contributed by atoms with van der Waals surface area (Å²) in [6.07, 6.45) is 3.52. The average Bonchev–Trinajstić information content (AvgIpc) is 2.70. The molecular weight excluding hydrogens is 430 g/mol. The quantitative estimate of drug-likeness (QED) is 0.459. The second-order valence-corrected chi connectivity index (χ2v) is 10.4. The second kappa shape index (κ2) is 12.6. The van der Waals surface area contributed by atoms with E-state index < -0.39 is 11.2 Å². The monoisotopic (exact) mass is 469 g/mol. The summed E-state index contributed by atoms with van der Waals surface area (Å²) in [7, 11) is 0. The molecule has 0 amide bonds. The van der Waals surface area contributed by atoms with E-state index in [2.05, 4.69) is 9.88 Å². The van der Waals surface area contributed by atoms with Gasteiger partial charge in [-0.3, -0.25) is 24.4 Å². The van der Waals surface area contributed by atoms with Crippen LogP contribution in [0.2, 0.25) is 0 Å². The highest BCUT2D eigenvalue weighted by Gasteiger charge is 2.22. The fraction of sp³-hybridized carbons (Fsp3) is 0.519. The van der Waals surface area contributed by atoms with Crippen molar-refractivity contribution in [3.05, 3.63) is 66.0 Å². The van der Waals surface area contributed by atoms with Gasteiger partial charge >= 0.3 is 11.9 Å². The minimum Gasteiger partial charge on any atom is -0.459 e. The third kappa shape index (κ3) is 11.9. The summed E-state index contributed by atoms with van der Waals surface area (Å²) < 4.78 is 11.1. The van der Waals surface area contributed by atoms with Crippen molar-refractivity contribution in [2.75, 3.05) is 26.2 Å². The topological polar surface area (TPSA) is 72.0 Å². The van der Waals surface area contributed by atoms with Crippen LogP contribution in [0.3, 0.4) is 0 Å². The van der Waals surface area contributed by atoms with Crippen LogP contribution in [0.15, 0.2) is 54.9 Å². The number of hydrogen-bond acceptors (Lipinski definition) is 7. The molecule has 1 aromatic carbocycles. The van der Waals surface area contributed by atoms with Gasteiger partial charge in [-0.2, -0.15) is 0 Å². The summed E-state index contributed by atoms with van der Waals surface area (Å²) in [6.45, 7) is 13.8. The number of esters is 2. The molecule has 2 aromatic rings. The van der Waals surface area contributed by atoms with Gasteiger partial charge in [0.15, 0.2) is 0 Å². The van der Waals surface area contributed by atoms with Gasteiger partial charge in [-0.15, -0.1) is 0 Å². The van der Waals surface area contributed by atoms with E-state index >= 15 is 0 Å². The predicted octanol–water partition coefficient (Wildman–Crippen LogP) is 4.07. The van der Waals surface area contributed by atoms with Crippen molar-refractivity contribution in [2.45, 2.75) is 65.8 Å². The molecule has 186 valence electrons. The van der Waals surface area contributed by atoms with Crippen LogP contribution >= 0.6 is 0 Å². The van der Waals surface area contributed by atoms with Crippen molar-refractivity contribution < 1.29 is 19.1 Å². The average molecular weight is 470 g/mol. The molecule has 0 spiro atoms. The molecule has 0 atom stereocenters. The molecule has 2 rings (SSSR count). The fourth-order valence-electron chi connectivity index (χ4n) is 3.42. The van der Waals surface area contributed by atoms with Gasteiger partial charge in [-0.25, -0.2) is 0 Å². The molecule has 0 bridgehead atoms. The van der Waals surface area contributed by atoms with Gasteiger partial charge in [0.1, 0.15) is 11.2 Å². The summed E-state index contributed by atoms with van der Waals surface area (Å²) in [6, 6.07) is 13.9. The normalized spacial score (nSPS) is 12.1. The molecule has 0 unspecified atom stereocenters. The fourth-order valence-corrected chi connectivity index (χ4v) is 3.42.